The van der Waals surface area contributed by atoms with Gasteiger partial charge in [0.2, 0.25) is 0 Å². The maximum Gasteiger partial charge on any atom is 0.0565 e. The number of benzene rings is 1. The lowest BCUT2D eigenvalue weighted by molar-refractivity contribution is 1.14. The fourth-order valence-corrected chi connectivity index (χ4v) is 2.70. The first-order valence-corrected chi connectivity index (χ1v) is 6.25. The second-order valence-corrected chi connectivity index (χ2v) is 5.28. The summed E-state index contributed by atoms with van der Waals surface area (Å²) in [7, 11) is 0. The summed E-state index contributed by atoms with van der Waals surface area (Å²) in [6.45, 7) is 4.28. The number of hydrogen-bond acceptors (Lipinski definition) is 1. The maximum absolute atomic E-state index is 2.26. The standard InChI is InChI=1S/C14H13NS/c1-10-3-4-12-5-6-15(14(12)7-10)13-8-11(2)16-9-13/h3-9H,1-2H3. The highest BCUT2D eigenvalue weighted by atomic mass is 32.1. The highest BCUT2D eigenvalue weighted by Gasteiger charge is 2.04. The van der Waals surface area contributed by atoms with Gasteiger partial charge < -0.3 is 4.57 Å². The van der Waals surface area contributed by atoms with Gasteiger partial charge in [0.25, 0.3) is 0 Å². The lowest BCUT2D eigenvalue weighted by Gasteiger charge is -2.02. The molecular weight excluding hydrogens is 214 g/mol. The molecule has 0 N–H and O–H groups in total. The fourth-order valence-electron chi connectivity index (χ4n) is 2.02. The molecule has 2 heteroatoms. The summed E-state index contributed by atoms with van der Waals surface area (Å²) >= 11 is 1.79. The molecule has 0 saturated carbocycles. The van der Waals surface area contributed by atoms with Crippen LogP contribution in [0.3, 0.4) is 0 Å². The fraction of sp³-hybridized carbons (Fsp3) is 0.143. The molecule has 3 aromatic rings. The second-order valence-electron chi connectivity index (χ2n) is 4.16. The molecule has 2 heterocycles. The molecule has 2 aromatic heterocycles. The van der Waals surface area contributed by atoms with E-state index in [0.717, 1.165) is 0 Å². The van der Waals surface area contributed by atoms with Gasteiger partial charge in [0, 0.05) is 16.5 Å². The molecule has 0 saturated heterocycles. The van der Waals surface area contributed by atoms with Gasteiger partial charge in [0.1, 0.15) is 0 Å². The summed E-state index contributed by atoms with van der Waals surface area (Å²) < 4.78 is 2.26. The van der Waals surface area contributed by atoms with Gasteiger partial charge in [-0.25, -0.2) is 0 Å². The first kappa shape index (κ1) is 9.67. The molecular formula is C14H13NS. The third-order valence-electron chi connectivity index (χ3n) is 2.84. The first-order valence-electron chi connectivity index (χ1n) is 5.37. The third-order valence-corrected chi connectivity index (χ3v) is 3.69. The number of aryl methyl sites for hydroxylation is 2. The average molecular weight is 227 g/mol. The van der Waals surface area contributed by atoms with Gasteiger partial charge in [0.05, 0.1) is 11.2 Å². The van der Waals surface area contributed by atoms with E-state index in [1.54, 1.807) is 11.3 Å². The highest BCUT2D eigenvalue weighted by Crippen LogP contribution is 2.24. The molecule has 0 aliphatic heterocycles. The molecule has 1 nitrogen and oxygen atoms in total. The van der Waals surface area contributed by atoms with Crippen molar-refractivity contribution in [2.45, 2.75) is 13.8 Å². The van der Waals surface area contributed by atoms with Crippen molar-refractivity contribution in [1.29, 1.82) is 0 Å². The van der Waals surface area contributed by atoms with Crippen LogP contribution in [0.5, 0.6) is 0 Å². The van der Waals surface area contributed by atoms with E-state index in [9.17, 15) is 0 Å². The SMILES string of the molecule is Cc1ccc2ccn(-c3csc(C)c3)c2c1. The van der Waals surface area contributed by atoms with Crippen LogP contribution in [0.2, 0.25) is 0 Å². The number of aromatic nitrogens is 1. The Morgan fingerprint density at radius 1 is 1.06 bits per heavy atom. The Bertz CT molecular complexity index is 646. The van der Waals surface area contributed by atoms with E-state index in [1.807, 2.05) is 0 Å². The summed E-state index contributed by atoms with van der Waals surface area (Å²) in [5.41, 5.74) is 3.86. The minimum atomic E-state index is 1.27. The normalized spacial score (nSPS) is 11.1. The predicted octanol–water partition coefficient (Wildman–Crippen LogP) is 4.31. The van der Waals surface area contributed by atoms with Crippen molar-refractivity contribution in [3.8, 4) is 5.69 Å². The van der Waals surface area contributed by atoms with E-state index in [0.29, 0.717) is 0 Å². The van der Waals surface area contributed by atoms with Crippen LogP contribution in [0.4, 0.5) is 0 Å². The molecule has 0 aliphatic rings. The minimum Gasteiger partial charge on any atom is -0.316 e. The summed E-state index contributed by atoms with van der Waals surface area (Å²) in [5, 5.41) is 3.51. The van der Waals surface area contributed by atoms with E-state index >= 15 is 0 Å². The lowest BCUT2D eigenvalue weighted by atomic mass is 10.2. The molecule has 1 aromatic carbocycles. The van der Waals surface area contributed by atoms with Gasteiger partial charge in [-0.1, -0.05) is 12.1 Å². The second kappa shape index (κ2) is 3.49. The number of rotatable bonds is 1. The molecule has 0 fully saturated rings. The van der Waals surface area contributed by atoms with E-state index in [-0.39, 0.29) is 0 Å². The van der Waals surface area contributed by atoms with Crippen LogP contribution >= 0.6 is 11.3 Å². The molecule has 0 bridgehead atoms. The van der Waals surface area contributed by atoms with Gasteiger partial charge in [-0.3, -0.25) is 0 Å². The molecule has 80 valence electrons. The lowest BCUT2D eigenvalue weighted by Crippen LogP contribution is -1.88. The van der Waals surface area contributed by atoms with Crippen molar-refractivity contribution in [2.24, 2.45) is 0 Å². The highest BCUT2D eigenvalue weighted by molar-refractivity contribution is 7.10. The number of thiophene rings is 1. The first-order chi connectivity index (χ1) is 7.74. The quantitative estimate of drug-likeness (QED) is 0.584. The van der Waals surface area contributed by atoms with Gasteiger partial charge in [-0.2, -0.15) is 0 Å². The molecule has 0 radical (unpaired) electrons. The topological polar surface area (TPSA) is 4.93 Å². The van der Waals surface area contributed by atoms with Crippen LogP contribution in [-0.2, 0) is 0 Å². The summed E-state index contributed by atoms with van der Waals surface area (Å²) in [6, 6.07) is 11.0. The molecule has 0 atom stereocenters. The number of fused-ring (bicyclic) bond motifs is 1. The molecule has 0 spiro atoms. The van der Waals surface area contributed by atoms with Crippen LogP contribution in [0.25, 0.3) is 16.6 Å². The zero-order valence-electron chi connectivity index (χ0n) is 9.40. The minimum absolute atomic E-state index is 1.27. The molecule has 0 aliphatic carbocycles. The Hall–Kier alpha value is -1.54. The van der Waals surface area contributed by atoms with Crippen LogP contribution in [0, 0.1) is 13.8 Å². The smallest absolute Gasteiger partial charge is 0.0565 e. The summed E-state index contributed by atoms with van der Waals surface area (Å²) in [4.78, 5) is 1.35. The van der Waals surface area contributed by atoms with Crippen molar-refractivity contribution < 1.29 is 0 Å². The van der Waals surface area contributed by atoms with E-state index in [1.165, 1.54) is 27.0 Å². The average Bonchev–Trinajstić information content (AvgIpc) is 2.83. The van der Waals surface area contributed by atoms with Gasteiger partial charge >= 0.3 is 0 Å². The van der Waals surface area contributed by atoms with Gasteiger partial charge in [0.15, 0.2) is 0 Å². The van der Waals surface area contributed by atoms with E-state index in [2.05, 4.69) is 60.3 Å². The third kappa shape index (κ3) is 1.46. The Balaban J connectivity index is 2.27. The van der Waals surface area contributed by atoms with Crippen molar-refractivity contribution >= 4 is 22.2 Å². The Labute approximate surface area is 99.0 Å². The zero-order valence-corrected chi connectivity index (χ0v) is 10.2. The molecule has 16 heavy (non-hydrogen) atoms. The monoisotopic (exact) mass is 227 g/mol. The predicted molar refractivity (Wildman–Crippen MR) is 70.6 cm³/mol. The Kier molecular flexibility index (Phi) is 2.11. The number of hydrogen-bond donors (Lipinski definition) is 0. The van der Waals surface area contributed by atoms with Crippen LogP contribution in [0.1, 0.15) is 10.4 Å². The van der Waals surface area contributed by atoms with Crippen molar-refractivity contribution in [1.82, 2.24) is 4.57 Å². The van der Waals surface area contributed by atoms with Crippen molar-refractivity contribution in [2.75, 3.05) is 0 Å². The van der Waals surface area contributed by atoms with Crippen LogP contribution in [0.15, 0.2) is 41.9 Å². The molecule has 0 unspecified atom stereocenters. The molecule has 0 amide bonds. The summed E-state index contributed by atoms with van der Waals surface area (Å²) in [6.07, 6.45) is 2.14. The van der Waals surface area contributed by atoms with Gasteiger partial charge in [-0.05, 0) is 43.0 Å². The summed E-state index contributed by atoms with van der Waals surface area (Å²) in [5.74, 6) is 0. The number of nitrogens with zero attached hydrogens (tertiary/aromatic N) is 1. The van der Waals surface area contributed by atoms with Gasteiger partial charge in [-0.15, -0.1) is 11.3 Å². The van der Waals surface area contributed by atoms with E-state index < -0.39 is 0 Å². The van der Waals surface area contributed by atoms with Crippen molar-refractivity contribution in [3.63, 3.8) is 0 Å². The molecule has 3 rings (SSSR count). The van der Waals surface area contributed by atoms with Crippen LogP contribution in [-0.4, -0.2) is 4.57 Å². The van der Waals surface area contributed by atoms with E-state index in [4.69, 9.17) is 0 Å². The zero-order chi connectivity index (χ0) is 11.1. The van der Waals surface area contributed by atoms with Crippen LogP contribution < -0.4 is 0 Å². The Morgan fingerprint density at radius 3 is 2.69 bits per heavy atom. The largest absolute Gasteiger partial charge is 0.316 e. The Morgan fingerprint density at radius 2 is 1.94 bits per heavy atom. The maximum atomic E-state index is 2.26. The van der Waals surface area contributed by atoms with Crippen molar-refractivity contribution in [3.05, 3.63) is 52.3 Å².